The zero-order chi connectivity index (χ0) is 27.0. The lowest BCUT2D eigenvalue weighted by Crippen LogP contribution is -2.33. The predicted molar refractivity (Wildman–Crippen MR) is 141 cm³/mol. The predicted octanol–water partition coefficient (Wildman–Crippen LogP) is 3.15. The van der Waals surface area contributed by atoms with Crippen LogP contribution in [0.3, 0.4) is 0 Å². The highest BCUT2D eigenvalue weighted by Crippen LogP contribution is 2.36. The number of ketones is 1. The van der Waals surface area contributed by atoms with Gasteiger partial charge in [0.1, 0.15) is 18.3 Å². The maximum absolute atomic E-state index is 14.8. The summed E-state index contributed by atoms with van der Waals surface area (Å²) < 4.78 is 44.4. The van der Waals surface area contributed by atoms with Crippen LogP contribution in [-0.2, 0) is 21.0 Å². The number of carbonyl (C=O) groups is 1. The van der Waals surface area contributed by atoms with E-state index in [0.29, 0.717) is 17.1 Å². The van der Waals surface area contributed by atoms with Gasteiger partial charge in [-0.05, 0) is 18.6 Å². The van der Waals surface area contributed by atoms with Crippen LogP contribution < -0.4 is 10.5 Å². The van der Waals surface area contributed by atoms with Gasteiger partial charge >= 0.3 is 10.3 Å². The van der Waals surface area contributed by atoms with E-state index in [9.17, 15) is 22.7 Å². The molecule has 5 rings (SSSR count). The topological polar surface area (TPSA) is 149 Å². The van der Waals surface area contributed by atoms with Crippen molar-refractivity contribution >= 4 is 54.9 Å². The molecule has 1 fully saturated rings. The average molecular weight is 580 g/mol. The zero-order valence-corrected chi connectivity index (χ0v) is 22.1. The second-order valence-corrected chi connectivity index (χ2v) is 11.7. The van der Waals surface area contributed by atoms with E-state index >= 15 is 0 Å². The molecule has 3 aromatic heterocycles. The lowest BCUT2D eigenvalue weighted by atomic mass is 10.1. The first-order valence-electron chi connectivity index (χ1n) is 11.5. The number of fused-ring (bicyclic) bond motifs is 1. The number of hydrogen-bond donors (Lipinski definition) is 3. The normalized spacial score (nSPS) is 21.7. The third-order valence-corrected chi connectivity index (χ3v) is 8.58. The van der Waals surface area contributed by atoms with Gasteiger partial charge in [0.05, 0.1) is 35.9 Å². The maximum Gasteiger partial charge on any atom is 0.333 e. The summed E-state index contributed by atoms with van der Waals surface area (Å²) in [5, 5.41) is 19.6. The lowest BCUT2D eigenvalue weighted by Gasteiger charge is -2.18. The molecule has 0 bridgehead atoms. The molecule has 3 heterocycles. The molecule has 200 valence electrons. The highest BCUT2D eigenvalue weighted by molar-refractivity contribution is 7.84. The third-order valence-electron chi connectivity index (χ3n) is 6.42. The number of anilines is 1. The molecular formula is C24H23ClFN5O5S2. The molecule has 0 spiro atoms. The van der Waals surface area contributed by atoms with Gasteiger partial charge in [-0.15, -0.1) is 11.3 Å². The van der Waals surface area contributed by atoms with Crippen molar-refractivity contribution in [1.29, 1.82) is 0 Å². The number of benzene rings is 1. The number of carbonyl (C=O) groups excluding carboxylic acids is 1. The summed E-state index contributed by atoms with van der Waals surface area (Å²) in [4.78, 5) is 22.3. The minimum atomic E-state index is -4.23. The van der Waals surface area contributed by atoms with E-state index in [1.165, 1.54) is 12.5 Å². The van der Waals surface area contributed by atoms with Crippen molar-refractivity contribution in [3.8, 4) is 0 Å². The molecule has 4 aromatic rings. The number of aliphatic hydroxyl groups is 1. The lowest BCUT2D eigenvalue weighted by molar-refractivity contribution is 0.0501. The highest BCUT2D eigenvalue weighted by atomic mass is 35.5. The molecule has 38 heavy (non-hydrogen) atoms. The van der Waals surface area contributed by atoms with Crippen LogP contribution in [0.5, 0.6) is 0 Å². The van der Waals surface area contributed by atoms with Crippen LogP contribution in [-0.4, -0.2) is 58.8 Å². The quantitative estimate of drug-likeness (QED) is 0.256. The number of nitrogens with one attached hydrogen (secondary N) is 1. The van der Waals surface area contributed by atoms with Crippen LogP contribution >= 0.6 is 22.9 Å². The van der Waals surface area contributed by atoms with Gasteiger partial charge in [0.2, 0.25) is 0 Å². The van der Waals surface area contributed by atoms with Gasteiger partial charge in [-0.2, -0.15) is 8.42 Å². The van der Waals surface area contributed by atoms with Crippen LogP contribution in [0, 0.1) is 5.92 Å². The molecule has 1 saturated carbocycles. The fourth-order valence-electron chi connectivity index (χ4n) is 4.53. The Morgan fingerprint density at radius 1 is 1.34 bits per heavy atom. The summed E-state index contributed by atoms with van der Waals surface area (Å²) >= 11 is 8.15. The number of thiophene rings is 1. The molecule has 1 aromatic carbocycles. The minimum Gasteiger partial charge on any atom is -0.390 e. The van der Waals surface area contributed by atoms with E-state index in [1.54, 1.807) is 29.8 Å². The average Bonchev–Trinajstić information content (AvgIpc) is 3.56. The van der Waals surface area contributed by atoms with Crippen molar-refractivity contribution in [2.45, 2.75) is 31.3 Å². The molecule has 10 nitrogen and oxygen atoms in total. The number of alkyl halides is 1. The largest absolute Gasteiger partial charge is 0.390 e. The van der Waals surface area contributed by atoms with Crippen LogP contribution in [0.15, 0.2) is 55.2 Å². The number of rotatable bonds is 9. The van der Waals surface area contributed by atoms with E-state index in [2.05, 4.69) is 19.5 Å². The summed E-state index contributed by atoms with van der Waals surface area (Å²) in [7, 11) is -4.23. The Morgan fingerprint density at radius 2 is 2.13 bits per heavy atom. The molecular weight excluding hydrogens is 557 g/mol. The van der Waals surface area contributed by atoms with Crippen molar-refractivity contribution in [2.75, 3.05) is 11.9 Å². The van der Waals surface area contributed by atoms with Crippen molar-refractivity contribution in [2.24, 2.45) is 11.1 Å². The SMILES string of the molecule is NS(=O)(=O)OC[C@H]1C[C@@H](Nc2ncncc2C(=O)c2ccn(Cc3sc4ccccc4c3Cl)c2)[C@@H](F)[C@@H]1O. The fourth-order valence-corrected chi connectivity index (χ4v) is 6.39. The Labute approximate surface area is 226 Å². The van der Waals surface area contributed by atoms with Crippen molar-refractivity contribution in [3.63, 3.8) is 0 Å². The molecule has 4 atom stereocenters. The second-order valence-electron chi connectivity index (χ2n) is 8.98. The Balaban J connectivity index is 1.31. The first-order valence-corrected chi connectivity index (χ1v) is 14.2. The van der Waals surface area contributed by atoms with Crippen LogP contribution in [0.4, 0.5) is 10.2 Å². The summed E-state index contributed by atoms with van der Waals surface area (Å²) in [6, 6.07) is 8.57. The van der Waals surface area contributed by atoms with Crippen LogP contribution in [0.25, 0.3) is 10.1 Å². The number of hydrogen-bond acceptors (Lipinski definition) is 9. The monoisotopic (exact) mass is 579 g/mol. The van der Waals surface area contributed by atoms with Crippen molar-refractivity contribution in [3.05, 3.63) is 76.3 Å². The number of aliphatic hydroxyl groups excluding tert-OH is 1. The van der Waals surface area contributed by atoms with E-state index < -0.39 is 41.1 Å². The van der Waals surface area contributed by atoms with Gasteiger partial charge in [0.25, 0.3) is 0 Å². The number of aromatic nitrogens is 3. The molecule has 0 saturated heterocycles. The van der Waals surface area contributed by atoms with Crippen molar-refractivity contribution < 1.29 is 26.9 Å². The smallest absolute Gasteiger partial charge is 0.333 e. The first-order chi connectivity index (χ1) is 18.1. The first kappa shape index (κ1) is 26.7. The summed E-state index contributed by atoms with van der Waals surface area (Å²) in [6.45, 7) is 0.0127. The van der Waals surface area contributed by atoms with Gasteiger partial charge < -0.3 is 15.0 Å². The Hall–Kier alpha value is -2.94. The van der Waals surface area contributed by atoms with Crippen LogP contribution in [0.1, 0.15) is 27.2 Å². The standard InChI is InChI=1S/C24H23ClFN5O5S2/c25-20-15-3-1-2-4-18(15)37-19(20)10-31-6-5-13(9-31)22(32)16-8-28-12-29-24(16)30-17-7-14(23(33)21(17)26)11-36-38(27,34)35/h1-6,8-9,12,14,17,21,23,33H,7,10-11H2,(H2,27,34,35)(H,28,29,30)/t14-,17-,21-,23-/m1/s1. The van der Waals surface area contributed by atoms with Gasteiger partial charge in [0, 0.05) is 45.0 Å². The molecule has 0 amide bonds. The fraction of sp³-hybridized carbons (Fsp3) is 0.292. The molecule has 0 aliphatic heterocycles. The van der Waals surface area contributed by atoms with E-state index in [0.717, 1.165) is 15.0 Å². The van der Waals surface area contributed by atoms with Gasteiger partial charge in [0.15, 0.2) is 5.78 Å². The zero-order valence-electron chi connectivity index (χ0n) is 19.7. The highest BCUT2D eigenvalue weighted by Gasteiger charge is 2.44. The van der Waals surface area contributed by atoms with E-state index in [4.69, 9.17) is 16.7 Å². The Bertz CT molecular complexity index is 1590. The number of nitrogens with two attached hydrogens (primary N) is 1. The summed E-state index contributed by atoms with van der Waals surface area (Å²) in [5.41, 5.74) is 0.499. The molecule has 1 aliphatic carbocycles. The molecule has 4 N–H and O–H groups in total. The second kappa shape index (κ2) is 10.7. The third kappa shape index (κ3) is 5.58. The van der Waals surface area contributed by atoms with Crippen molar-refractivity contribution in [1.82, 2.24) is 14.5 Å². The maximum atomic E-state index is 14.8. The van der Waals surface area contributed by atoms with Gasteiger partial charge in [-0.25, -0.2) is 19.5 Å². The van der Waals surface area contributed by atoms with E-state index in [1.807, 2.05) is 28.8 Å². The minimum absolute atomic E-state index is 0.0296. The number of halogens is 2. The Morgan fingerprint density at radius 3 is 2.89 bits per heavy atom. The van der Waals surface area contributed by atoms with Crippen LogP contribution in [0.2, 0.25) is 5.02 Å². The Kier molecular flexibility index (Phi) is 7.49. The summed E-state index contributed by atoms with van der Waals surface area (Å²) in [5.74, 6) is -1.10. The molecule has 1 aliphatic rings. The summed E-state index contributed by atoms with van der Waals surface area (Å²) in [6.07, 6.45) is 2.80. The molecule has 14 heteroatoms. The van der Waals surface area contributed by atoms with Gasteiger partial charge in [-0.1, -0.05) is 29.8 Å². The molecule has 0 radical (unpaired) electrons. The van der Waals surface area contributed by atoms with Gasteiger partial charge in [-0.3, -0.25) is 8.98 Å². The molecule has 0 unspecified atom stereocenters. The number of nitrogens with zero attached hydrogens (tertiary/aromatic N) is 3. The van der Waals surface area contributed by atoms with E-state index in [-0.39, 0.29) is 23.6 Å².